The fourth-order valence-electron chi connectivity index (χ4n) is 3.60. The molecular weight excluding hydrogens is 423 g/mol. The number of aliphatic hydroxyl groups excluding tert-OH is 1. The number of piperidine rings is 1. The molecule has 1 amide bonds. The Morgan fingerprint density at radius 3 is 2.59 bits per heavy atom. The van der Waals surface area contributed by atoms with Crippen molar-refractivity contribution in [1.29, 1.82) is 0 Å². The molecule has 0 spiro atoms. The number of hydrogen-bond donors (Lipinski definition) is 3. The van der Waals surface area contributed by atoms with E-state index in [1.807, 2.05) is 4.90 Å². The number of nitrogens with two attached hydrogens (primary N) is 1. The summed E-state index contributed by atoms with van der Waals surface area (Å²) in [6, 6.07) is 6.41. The van der Waals surface area contributed by atoms with Crippen LogP contribution in [0.5, 0.6) is 0 Å². The smallest absolute Gasteiger partial charge is 0.274 e. The fraction of sp³-hybridized carbons (Fsp3) is 0.227. The van der Waals surface area contributed by atoms with Crippen LogP contribution in [0.3, 0.4) is 0 Å². The van der Waals surface area contributed by atoms with Gasteiger partial charge in [0.15, 0.2) is 0 Å². The summed E-state index contributed by atoms with van der Waals surface area (Å²) in [7, 11) is 0. The number of carbonyl (C=O) groups is 1. The van der Waals surface area contributed by atoms with Crippen LogP contribution in [0, 0.1) is 17.5 Å². The lowest BCUT2D eigenvalue weighted by Crippen LogP contribution is -2.51. The first-order chi connectivity index (χ1) is 15.3. The fourth-order valence-corrected chi connectivity index (χ4v) is 3.60. The number of rotatable bonds is 4. The van der Waals surface area contributed by atoms with Gasteiger partial charge >= 0.3 is 0 Å². The molecule has 10 heteroatoms. The maximum atomic E-state index is 14.3. The van der Waals surface area contributed by atoms with Crippen LogP contribution in [0.25, 0.3) is 11.3 Å². The third kappa shape index (κ3) is 4.27. The van der Waals surface area contributed by atoms with Crippen molar-refractivity contribution in [1.82, 2.24) is 9.97 Å². The molecule has 1 aliphatic rings. The molecule has 0 aliphatic carbocycles. The third-order valence-corrected chi connectivity index (χ3v) is 5.29. The van der Waals surface area contributed by atoms with E-state index in [1.165, 1.54) is 6.20 Å². The number of benzene rings is 1. The SMILES string of the molecule is N[C@@H]1CN(c2ccncc2NC(=O)c2ccc(F)c(-c3c(F)cccc3F)n2)CC[C@H]1O. The van der Waals surface area contributed by atoms with Crippen LogP contribution in [0.15, 0.2) is 48.8 Å². The molecule has 3 aromatic rings. The number of carbonyl (C=O) groups excluding carboxylic acids is 1. The minimum Gasteiger partial charge on any atom is -0.391 e. The highest BCUT2D eigenvalue weighted by Crippen LogP contribution is 2.29. The molecule has 7 nitrogen and oxygen atoms in total. The number of amides is 1. The first-order valence-electron chi connectivity index (χ1n) is 9.90. The third-order valence-electron chi connectivity index (χ3n) is 5.29. The minimum atomic E-state index is -0.993. The van der Waals surface area contributed by atoms with Crippen molar-refractivity contribution in [2.75, 3.05) is 23.3 Å². The lowest BCUT2D eigenvalue weighted by molar-refractivity contribution is 0.102. The molecule has 0 saturated carbocycles. The standard InChI is InChI=1S/C22H20F3N5O2/c23-12-2-1-3-13(24)20(12)21-14(25)4-5-16(28-21)22(32)29-17-10-27-8-6-18(17)30-9-7-19(31)15(26)11-30/h1-6,8,10,15,19,31H,7,9,11,26H2,(H,29,32)/t15-,19-/m1/s1. The molecule has 0 bridgehead atoms. The zero-order valence-corrected chi connectivity index (χ0v) is 16.8. The lowest BCUT2D eigenvalue weighted by atomic mass is 10.0. The number of anilines is 2. The highest BCUT2D eigenvalue weighted by molar-refractivity contribution is 6.04. The molecule has 1 aliphatic heterocycles. The Hall–Kier alpha value is -3.50. The second kappa shape index (κ2) is 8.93. The minimum absolute atomic E-state index is 0.232. The van der Waals surface area contributed by atoms with Gasteiger partial charge < -0.3 is 21.1 Å². The van der Waals surface area contributed by atoms with E-state index in [1.54, 1.807) is 12.3 Å². The number of nitrogens with zero attached hydrogens (tertiary/aromatic N) is 3. The first-order valence-corrected chi connectivity index (χ1v) is 9.90. The zero-order valence-electron chi connectivity index (χ0n) is 16.8. The van der Waals surface area contributed by atoms with Gasteiger partial charge in [-0.15, -0.1) is 0 Å². The van der Waals surface area contributed by atoms with Gasteiger partial charge in [0.25, 0.3) is 5.91 Å². The summed E-state index contributed by atoms with van der Waals surface area (Å²) in [6.07, 6.45) is 2.85. The van der Waals surface area contributed by atoms with Crippen LogP contribution >= 0.6 is 0 Å². The van der Waals surface area contributed by atoms with E-state index in [4.69, 9.17) is 5.73 Å². The number of nitrogens with one attached hydrogen (secondary N) is 1. The summed E-state index contributed by atoms with van der Waals surface area (Å²) in [5, 5.41) is 12.5. The average molecular weight is 443 g/mol. The Bertz CT molecular complexity index is 1140. The predicted octanol–water partition coefficient (Wildman–Crippen LogP) is 2.71. The van der Waals surface area contributed by atoms with Crippen molar-refractivity contribution in [2.45, 2.75) is 18.6 Å². The Morgan fingerprint density at radius 1 is 1.12 bits per heavy atom. The molecule has 0 unspecified atom stereocenters. The summed E-state index contributed by atoms with van der Waals surface area (Å²) in [5.41, 5.74) is 5.46. The van der Waals surface area contributed by atoms with Crippen molar-refractivity contribution in [3.05, 3.63) is 71.9 Å². The second-order valence-electron chi connectivity index (χ2n) is 7.44. The summed E-state index contributed by atoms with van der Waals surface area (Å²) in [5.74, 6) is -3.66. The van der Waals surface area contributed by atoms with Crippen LogP contribution in [-0.4, -0.2) is 46.2 Å². The molecule has 1 aromatic carbocycles. The Morgan fingerprint density at radius 2 is 1.88 bits per heavy atom. The van der Waals surface area contributed by atoms with E-state index in [0.717, 1.165) is 30.3 Å². The molecule has 2 atom stereocenters. The molecule has 166 valence electrons. The van der Waals surface area contributed by atoms with Crippen LogP contribution in [0.2, 0.25) is 0 Å². The molecule has 32 heavy (non-hydrogen) atoms. The number of hydrogen-bond acceptors (Lipinski definition) is 6. The second-order valence-corrected chi connectivity index (χ2v) is 7.44. The van der Waals surface area contributed by atoms with Gasteiger partial charge in [0.2, 0.25) is 0 Å². The van der Waals surface area contributed by atoms with E-state index in [-0.39, 0.29) is 5.69 Å². The van der Waals surface area contributed by atoms with Crippen molar-refractivity contribution >= 4 is 17.3 Å². The van der Waals surface area contributed by atoms with Gasteiger partial charge in [-0.2, -0.15) is 0 Å². The van der Waals surface area contributed by atoms with Crippen molar-refractivity contribution in [2.24, 2.45) is 5.73 Å². The number of aliphatic hydroxyl groups is 1. The van der Waals surface area contributed by atoms with Gasteiger partial charge in [-0.1, -0.05) is 6.07 Å². The highest BCUT2D eigenvalue weighted by Gasteiger charge is 2.27. The molecule has 4 rings (SSSR count). The van der Waals surface area contributed by atoms with Crippen LogP contribution in [0.4, 0.5) is 24.5 Å². The molecular formula is C22H20F3N5O2. The van der Waals surface area contributed by atoms with Gasteiger partial charge in [0.05, 0.1) is 29.2 Å². The van der Waals surface area contributed by atoms with Gasteiger partial charge in [-0.3, -0.25) is 9.78 Å². The maximum Gasteiger partial charge on any atom is 0.274 e. The van der Waals surface area contributed by atoms with E-state index >= 15 is 0 Å². The van der Waals surface area contributed by atoms with Gasteiger partial charge in [0, 0.05) is 25.3 Å². The quantitative estimate of drug-likeness (QED) is 0.573. The number of halogens is 3. The van der Waals surface area contributed by atoms with Crippen LogP contribution in [0.1, 0.15) is 16.9 Å². The Labute approximate surface area is 181 Å². The molecule has 2 aromatic heterocycles. The van der Waals surface area contributed by atoms with Crippen LogP contribution < -0.4 is 16.0 Å². The van der Waals surface area contributed by atoms with Crippen molar-refractivity contribution in [3.63, 3.8) is 0 Å². The average Bonchev–Trinajstić information content (AvgIpc) is 2.77. The zero-order chi connectivity index (χ0) is 22.8. The largest absolute Gasteiger partial charge is 0.391 e. The molecule has 4 N–H and O–H groups in total. The first kappa shape index (κ1) is 21.7. The summed E-state index contributed by atoms with van der Waals surface area (Å²) >= 11 is 0. The monoisotopic (exact) mass is 443 g/mol. The topological polar surface area (TPSA) is 104 Å². The van der Waals surface area contributed by atoms with Crippen LogP contribution in [-0.2, 0) is 0 Å². The number of pyridine rings is 2. The van der Waals surface area contributed by atoms with Crippen molar-refractivity contribution < 1.29 is 23.1 Å². The summed E-state index contributed by atoms with van der Waals surface area (Å²) in [4.78, 5) is 22.6. The van der Waals surface area contributed by atoms with E-state index in [0.29, 0.717) is 30.9 Å². The van der Waals surface area contributed by atoms with Gasteiger partial charge in [0.1, 0.15) is 28.8 Å². The Kier molecular flexibility index (Phi) is 6.06. The summed E-state index contributed by atoms with van der Waals surface area (Å²) in [6.45, 7) is 0.896. The summed E-state index contributed by atoms with van der Waals surface area (Å²) < 4.78 is 42.6. The van der Waals surface area contributed by atoms with E-state index in [2.05, 4.69) is 15.3 Å². The molecule has 1 saturated heterocycles. The highest BCUT2D eigenvalue weighted by atomic mass is 19.1. The molecule has 1 fully saturated rings. The maximum absolute atomic E-state index is 14.3. The van der Waals surface area contributed by atoms with Gasteiger partial charge in [-0.05, 0) is 36.8 Å². The molecule has 3 heterocycles. The normalized spacial score (nSPS) is 18.5. The molecule has 0 radical (unpaired) electrons. The predicted molar refractivity (Wildman–Crippen MR) is 113 cm³/mol. The van der Waals surface area contributed by atoms with E-state index < -0.39 is 46.8 Å². The Balaban J connectivity index is 1.62. The van der Waals surface area contributed by atoms with Crippen molar-refractivity contribution in [3.8, 4) is 11.3 Å². The van der Waals surface area contributed by atoms with E-state index in [9.17, 15) is 23.1 Å². The van der Waals surface area contributed by atoms with Gasteiger partial charge in [-0.25, -0.2) is 18.2 Å². The number of aromatic nitrogens is 2. The lowest BCUT2D eigenvalue weighted by Gasteiger charge is -2.36.